The summed E-state index contributed by atoms with van der Waals surface area (Å²) in [5.74, 6) is 0.257. The van der Waals surface area contributed by atoms with Gasteiger partial charge in [0, 0.05) is 28.3 Å². The fraction of sp³-hybridized carbons (Fsp3) is 0.0714. The van der Waals surface area contributed by atoms with Gasteiger partial charge in [-0.1, -0.05) is 30.3 Å². The first-order valence-electron chi connectivity index (χ1n) is 5.40. The Morgan fingerprint density at radius 3 is 2.75 bits per heavy atom. The molecule has 16 heavy (non-hydrogen) atoms. The predicted molar refractivity (Wildman–Crippen MR) is 63.8 cm³/mol. The normalized spacial score (nSPS) is 14.1. The van der Waals surface area contributed by atoms with Crippen molar-refractivity contribution in [1.29, 1.82) is 0 Å². The van der Waals surface area contributed by atoms with Crippen molar-refractivity contribution in [3.63, 3.8) is 0 Å². The Bertz CT molecular complexity index is 752. The summed E-state index contributed by atoms with van der Waals surface area (Å²) in [5, 5.41) is 2.35. The Labute approximate surface area is 91.9 Å². The van der Waals surface area contributed by atoms with Crippen molar-refractivity contribution in [2.24, 2.45) is 0 Å². The van der Waals surface area contributed by atoms with Crippen molar-refractivity contribution in [2.45, 2.75) is 6.42 Å². The van der Waals surface area contributed by atoms with Crippen LogP contribution in [0.4, 0.5) is 0 Å². The molecule has 0 saturated heterocycles. The Balaban J connectivity index is 2.29. The van der Waals surface area contributed by atoms with E-state index in [-0.39, 0.29) is 5.78 Å². The highest BCUT2D eigenvalue weighted by Crippen LogP contribution is 2.34. The van der Waals surface area contributed by atoms with E-state index < -0.39 is 0 Å². The lowest BCUT2D eigenvalue weighted by atomic mass is 9.85. The van der Waals surface area contributed by atoms with Gasteiger partial charge in [0.15, 0.2) is 5.78 Å². The Kier molecular flexibility index (Phi) is 1.28. The summed E-state index contributed by atoms with van der Waals surface area (Å²) in [6.07, 6.45) is 0.598. The number of carbonyl (C=O) groups excluding carboxylic acids is 1. The molecule has 1 aliphatic carbocycles. The zero-order valence-electron chi connectivity index (χ0n) is 8.58. The van der Waals surface area contributed by atoms with E-state index in [9.17, 15) is 4.79 Å². The molecule has 0 unspecified atom stereocenters. The number of hydrogen-bond donors (Lipinski definition) is 1. The van der Waals surface area contributed by atoms with E-state index in [0.29, 0.717) is 6.42 Å². The Morgan fingerprint density at radius 1 is 1.00 bits per heavy atom. The van der Waals surface area contributed by atoms with E-state index in [1.54, 1.807) is 0 Å². The Morgan fingerprint density at radius 2 is 1.88 bits per heavy atom. The van der Waals surface area contributed by atoms with Crippen LogP contribution in [0.15, 0.2) is 36.4 Å². The van der Waals surface area contributed by atoms with Crippen LogP contribution < -0.4 is 0 Å². The first-order valence-corrected chi connectivity index (χ1v) is 5.40. The fourth-order valence-corrected chi connectivity index (χ4v) is 2.58. The molecule has 0 aliphatic heterocycles. The number of H-pyrrole nitrogens is 1. The number of benzene rings is 2. The first-order chi connectivity index (χ1) is 7.84. The molecule has 0 radical (unpaired) electrons. The third kappa shape index (κ3) is 0.807. The quantitative estimate of drug-likeness (QED) is 0.603. The van der Waals surface area contributed by atoms with E-state index >= 15 is 0 Å². The lowest BCUT2D eigenvalue weighted by Crippen LogP contribution is -2.18. The number of rotatable bonds is 0. The largest absolute Gasteiger partial charge is 0.354 e. The highest BCUT2D eigenvalue weighted by Gasteiger charge is 2.26. The maximum atomic E-state index is 11.6. The van der Waals surface area contributed by atoms with Gasteiger partial charge in [-0.25, -0.2) is 0 Å². The molecule has 0 amide bonds. The molecule has 2 nitrogen and oxygen atoms in total. The maximum absolute atomic E-state index is 11.6. The molecule has 0 atom stereocenters. The minimum Gasteiger partial charge on any atom is -0.354 e. The lowest BCUT2D eigenvalue weighted by molar-refractivity contribution is 0.0970. The van der Waals surface area contributed by atoms with Gasteiger partial charge in [-0.3, -0.25) is 4.79 Å². The van der Waals surface area contributed by atoms with Gasteiger partial charge in [-0.15, -0.1) is 0 Å². The molecule has 1 heterocycles. The minimum absolute atomic E-state index is 0.257. The van der Waals surface area contributed by atoms with Gasteiger partial charge in [0.1, 0.15) is 0 Å². The minimum atomic E-state index is 0.257. The molecule has 76 valence electrons. The van der Waals surface area contributed by atoms with E-state index in [4.69, 9.17) is 0 Å². The van der Waals surface area contributed by atoms with Gasteiger partial charge < -0.3 is 4.98 Å². The van der Waals surface area contributed by atoms with Crippen LogP contribution in [0.5, 0.6) is 0 Å². The monoisotopic (exact) mass is 207 g/mol. The average Bonchev–Trinajstić information content (AvgIpc) is 2.63. The summed E-state index contributed by atoms with van der Waals surface area (Å²) in [7, 11) is 0. The third-order valence-electron chi connectivity index (χ3n) is 3.40. The van der Waals surface area contributed by atoms with Crippen molar-refractivity contribution in [3.05, 3.63) is 47.5 Å². The van der Waals surface area contributed by atoms with Crippen molar-refractivity contribution in [2.75, 3.05) is 0 Å². The lowest BCUT2D eigenvalue weighted by Gasteiger charge is -2.17. The molecular formula is C14H9NO. The van der Waals surface area contributed by atoms with Gasteiger partial charge in [0.2, 0.25) is 0 Å². The summed E-state index contributed by atoms with van der Waals surface area (Å²) < 4.78 is 0. The van der Waals surface area contributed by atoms with Crippen molar-refractivity contribution in [1.82, 2.24) is 4.98 Å². The van der Waals surface area contributed by atoms with Crippen LogP contribution in [0.1, 0.15) is 15.9 Å². The van der Waals surface area contributed by atoms with E-state index in [2.05, 4.69) is 23.2 Å². The number of aromatic nitrogens is 1. The molecule has 4 rings (SSSR count). The number of aromatic amines is 1. The predicted octanol–water partition coefficient (Wildman–Crippen LogP) is 3.06. The zero-order chi connectivity index (χ0) is 10.7. The number of Topliss-reactive ketones (excluding diaryl/α,β-unsaturated/α-hetero) is 1. The van der Waals surface area contributed by atoms with Crippen LogP contribution in [0, 0.1) is 0 Å². The number of fused-ring (bicyclic) bond motifs is 5. The van der Waals surface area contributed by atoms with Crippen LogP contribution in [-0.2, 0) is 6.42 Å². The van der Waals surface area contributed by atoms with Crippen LogP contribution in [0.25, 0.3) is 21.8 Å². The van der Waals surface area contributed by atoms with Crippen molar-refractivity contribution < 1.29 is 4.79 Å². The smallest absolute Gasteiger partial charge is 0.169 e. The maximum Gasteiger partial charge on any atom is 0.169 e. The topological polar surface area (TPSA) is 32.9 Å². The third-order valence-corrected chi connectivity index (χ3v) is 3.40. The standard InChI is InChI=1S/C14H9NO/c16-12-7-8-5-6-10-9-3-1-2-4-11(9)15-14(10)13(8)12/h1-6,15H,7H2. The van der Waals surface area contributed by atoms with E-state index in [0.717, 1.165) is 22.0 Å². The van der Waals surface area contributed by atoms with Crippen molar-refractivity contribution in [3.8, 4) is 0 Å². The van der Waals surface area contributed by atoms with Crippen LogP contribution in [0.2, 0.25) is 0 Å². The molecule has 0 fully saturated rings. The van der Waals surface area contributed by atoms with Crippen LogP contribution in [0.3, 0.4) is 0 Å². The number of ketones is 1. The number of carbonyl (C=O) groups is 1. The van der Waals surface area contributed by atoms with Gasteiger partial charge in [-0.05, 0) is 11.6 Å². The fourth-order valence-electron chi connectivity index (χ4n) is 2.58. The van der Waals surface area contributed by atoms with E-state index in [1.807, 2.05) is 18.2 Å². The second-order valence-corrected chi connectivity index (χ2v) is 4.29. The summed E-state index contributed by atoms with van der Waals surface area (Å²) in [4.78, 5) is 14.9. The molecule has 1 aromatic heterocycles. The molecule has 0 bridgehead atoms. The van der Waals surface area contributed by atoms with Gasteiger partial charge in [0.25, 0.3) is 0 Å². The molecular weight excluding hydrogens is 198 g/mol. The second kappa shape index (κ2) is 2.53. The molecule has 1 aliphatic rings. The van der Waals surface area contributed by atoms with Gasteiger partial charge >= 0.3 is 0 Å². The van der Waals surface area contributed by atoms with Gasteiger partial charge in [-0.2, -0.15) is 0 Å². The molecule has 1 N–H and O–H groups in total. The number of hydrogen-bond acceptors (Lipinski definition) is 1. The van der Waals surface area contributed by atoms with Crippen LogP contribution in [-0.4, -0.2) is 10.8 Å². The Hall–Kier alpha value is -2.09. The SMILES string of the molecule is O=C1Cc2ccc3c([nH]c4ccccc43)c21. The second-order valence-electron chi connectivity index (χ2n) is 4.29. The van der Waals surface area contributed by atoms with Gasteiger partial charge in [0.05, 0.1) is 5.52 Å². The van der Waals surface area contributed by atoms with Crippen LogP contribution >= 0.6 is 0 Å². The summed E-state index contributed by atoms with van der Waals surface area (Å²) in [6, 6.07) is 12.3. The zero-order valence-corrected chi connectivity index (χ0v) is 8.58. The molecule has 2 aromatic carbocycles. The van der Waals surface area contributed by atoms with E-state index in [1.165, 1.54) is 10.9 Å². The molecule has 2 heteroatoms. The molecule has 0 spiro atoms. The summed E-state index contributed by atoms with van der Waals surface area (Å²) >= 11 is 0. The summed E-state index contributed by atoms with van der Waals surface area (Å²) in [5.41, 5.74) is 4.18. The summed E-state index contributed by atoms with van der Waals surface area (Å²) in [6.45, 7) is 0. The highest BCUT2D eigenvalue weighted by atomic mass is 16.1. The highest BCUT2D eigenvalue weighted by molar-refractivity contribution is 6.20. The number of nitrogens with one attached hydrogen (secondary N) is 1. The first kappa shape index (κ1) is 8.11. The molecule has 3 aromatic rings. The average molecular weight is 207 g/mol. The van der Waals surface area contributed by atoms with Crippen molar-refractivity contribution >= 4 is 27.6 Å². The molecule has 0 saturated carbocycles. The number of para-hydroxylation sites is 1.